The third kappa shape index (κ3) is 3.86. The predicted octanol–water partition coefficient (Wildman–Crippen LogP) is 4.09. The number of fused-ring (bicyclic) bond motifs is 5. The van der Waals surface area contributed by atoms with Gasteiger partial charge < -0.3 is 24.0 Å². The fourth-order valence-corrected chi connectivity index (χ4v) is 8.53. The van der Waals surface area contributed by atoms with E-state index in [4.69, 9.17) is 0 Å². The van der Waals surface area contributed by atoms with Crippen molar-refractivity contribution in [2.75, 3.05) is 13.6 Å². The second-order valence-electron chi connectivity index (χ2n) is 11.3. The number of rotatable bonds is 7. The molecule has 3 fully saturated rings. The van der Waals surface area contributed by atoms with Crippen molar-refractivity contribution in [1.29, 1.82) is 0 Å². The van der Waals surface area contributed by atoms with Gasteiger partial charge in [0.05, 0.1) is 5.41 Å². The van der Waals surface area contributed by atoms with Gasteiger partial charge in [0, 0.05) is 12.8 Å². The summed E-state index contributed by atoms with van der Waals surface area (Å²) in [6, 6.07) is 0. The van der Waals surface area contributed by atoms with E-state index in [0.29, 0.717) is 10.8 Å². The third-order valence-corrected chi connectivity index (χ3v) is 10.2. The van der Waals surface area contributed by atoms with E-state index in [-0.39, 0.29) is 24.0 Å². The maximum atomic E-state index is 2.73. The van der Waals surface area contributed by atoms with Gasteiger partial charge in [-0.05, 0) is 74.5 Å². The summed E-state index contributed by atoms with van der Waals surface area (Å²) in [5.41, 5.74) is 3.06. The highest BCUT2D eigenvalue weighted by atomic mass is 127. The van der Waals surface area contributed by atoms with Gasteiger partial charge in [0.15, 0.2) is 5.71 Å². The zero-order valence-electron chi connectivity index (χ0n) is 19.2. The molecule has 28 heavy (non-hydrogen) atoms. The highest BCUT2D eigenvalue weighted by Gasteiger charge is 2.61. The fourth-order valence-electron chi connectivity index (χ4n) is 8.53. The molecule has 1 aliphatic heterocycles. The molecule has 6 unspecified atom stereocenters. The van der Waals surface area contributed by atoms with Crippen LogP contribution in [-0.2, 0) is 0 Å². The minimum absolute atomic E-state index is 0. The van der Waals surface area contributed by atoms with Crippen LogP contribution in [0.4, 0.5) is 0 Å². The zero-order valence-corrected chi connectivity index (χ0v) is 21.4. The van der Waals surface area contributed by atoms with Gasteiger partial charge in [-0.1, -0.05) is 52.4 Å². The first-order valence-electron chi connectivity index (χ1n) is 12.6. The number of unbranched alkanes of at least 4 members (excludes halogenated alkanes) is 5. The molecule has 0 saturated heterocycles. The Kier molecular flexibility index (Phi) is 7.63. The Morgan fingerprint density at radius 2 is 1.64 bits per heavy atom. The van der Waals surface area contributed by atoms with E-state index in [1.54, 1.807) is 12.8 Å². The molecule has 0 radical (unpaired) electrons. The highest BCUT2D eigenvalue weighted by Crippen LogP contribution is 2.65. The van der Waals surface area contributed by atoms with Crippen LogP contribution in [0.25, 0.3) is 0 Å². The lowest BCUT2D eigenvalue weighted by molar-refractivity contribution is -0.490. The number of halogens is 1. The van der Waals surface area contributed by atoms with Crippen LogP contribution in [0, 0.1) is 34.5 Å². The van der Waals surface area contributed by atoms with E-state index in [1.807, 2.05) is 5.71 Å². The van der Waals surface area contributed by atoms with Gasteiger partial charge in [-0.15, -0.1) is 0 Å². The number of nitrogens with zero attached hydrogens (tertiary/aromatic N) is 1. The molecule has 2 heteroatoms. The molecule has 4 rings (SSSR count). The summed E-state index contributed by atoms with van der Waals surface area (Å²) in [7, 11) is 2.36. The van der Waals surface area contributed by atoms with Gasteiger partial charge in [-0.3, -0.25) is 0 Å². The number of hydrogen-bond donors (Lipinski definition) is 0. The molecule has 162 valence electrons. The maximum absolute atomic E-state index is 2.73. The predicted molar refractivity (Wildman–Crippen MR) is 117 cm³/mol. The van der Waals surface area contributed by atoms with Gasteiger partial charge in [-0.2, -0.15) is 0 Å². The molecule has 4 aliphatic rings. The Morgan fingerprint density at radius 3 is 2.43 bits per heavy atom. The van der Waals surface area contributed by atoms with Crippen molar-refractivity contribution < 1.29 is 28.6 Å². The van der Waals surface area contributed by atoms with E-state index in [0.717, 1.165) is 23.7 Å². The summed E-state index contributed by atoms with van der Waals surface area (Å²) >= 11 is 0. The van der Waals surface area contributed by atoms with Gasteiger partial charge in [0.25, 0.3) is 0 Å². The van der Waals surface area contributed by atoms with E-state index in [9.17, 15) is 0 Å². The molecule has 1 heterocycles. The molecule has 6 atom stereocenters. The Balaban J connectivity index is 0.00000225. The first-order valence-corrected chi connectivity index (χ1v) is 12.6. The minimum atomic E-state index is 0. The van der Waals surface area contributed by atoms with Crippen molar-refractivity contribution in [2.24, 2.45) is 34.5 Å². The average Bonchev–Trinajstić information content (AvgIpc) is 3.15. The molecule has 0 bridgehead atoms. The van der Waals surface area contributed by atoms with Crippen molar-refractivity contribution in [2.45, 2.75) is 111 Å². The zero-order chi connectivity index (χ0) is 19.1. The molecular weight excluding hydrogens is 453 g/mol. The highest BCUT2D eigenvalue weighted by molar-refractivity contribution is 5.87. The normalized spacial score (nSPS) is 42.0. The first-order chi connectivity index (χ1) is 13.0. The lowest BCUT2D eigenvalue weighted by Gasteiger charge is -2.54. The second-order valence-corrected chi connectivity index (χ2v) is 11.3. The monoisotopic (exact) mass is 499 g/mol. The molecule has 0 spiro atoms. The molecule has 0 aromatic rings. The first kappa shape index (κ1) is 23.1. The van der Waals surface area contributed by atoms with Crippen molar-refractivity contribution in [3.63, 3.8) is 0 Å². The summed E-state index contributed by atoms with van der Waals surface area (Å²) in [5, 5.41) is 0. The fraction of sp³-hybridized carbons (Fsp3) is 0.962. The van der Waals surface area contributed by atoms with Crippen molar-refractivity contribution in [3.8, 4) is 0 Å². The van der Waals surface area contributed by atoms with Gasteiger partial charge >= 0.3 is 0 Å². The maximum Gasteiger partial charge on any atom is 0.158 e. The smallest absolute Gasteiger partial charge is 0.158 e. The second kappa shape index (κ2) is 9.27. The van der Waals surface area contributed by atoms with Gasteiger partial charge in [-0.25, -0.2) is 4.58 Å². The van der Waals surface area contributed by atoms with Crippen LogP contribution >= 0.6 is 0 Å². The quantitative estimate of drug-likeness (QED) is 0.282. The molecule has 0 N–H and O–H groups in total. The van der Waals surface area contributed by atoms with Gasteiger partial charge in [0.1, 0.15) is 13.6 Å². The Bertz CT molecular complexity index is 569. The SMILES string of the molecule is CCCCCCCCC1CCC2C3CCC4=[N+](C)CCC4(C)C3CCC12C.[I-]. The molecule has 0 aromatic heterocycles. The molecule has 3 aliphatic carbocycles. The molecule has 3 saturated carbocycles. The molecule has 0 amide bonds. The average molecular weight is 500 g/mol. The summed E-state index contributed by atoms with van der Waals surface area (Å²) < 4.78 is 2.63. The van der Waals surface area contributed by atoms with E-state index in [1.165, 1.54) is 83.6 Å². The van der Waals surface area contributed by atoms with Crippen LogP contribution < -0.4 is 24.0 Å². The molecule has 0 aromatic carbocycles. The number of hydrogen-bond acceptors (Lipinski definition) is 0. The van der Waals surface area contributed by atoms with Crippen molar-refractivity contribution in [1.82, 2.24) is 0 Å². The van der Waals surface area contributed by atoms with Crippen molar-refractivity contribution >= 4 is 5.71 Å². The largest absolute Gasteiger partial charge is 1.00 e. The van der Waals surface area contributed by atoms with Crippen LogP contribution in [-0.4, -0.2) is 23.9 Å². The molecular formula is C26H46IN. The summed E-state index contributed by atoms with van der Waals surface area (Å²) in [6.45, 7) is 9.02. The standard InChI is InChI=1S/C26H46N.HI/c1-5-6-7-8-9-10-11-20-12-14-22-21-13-15-24-26(3,18-19-27(24)4)23(21)16-17-25(20,22)2;/h20-23H,5-19H2,1-4H3;1H/q+1;/p-1. The van der Waals surface area contributed by atoms with Crippen LogP contribution in [0.3, 0.4) is 0 Å². The van der Waals surface area contributed by atoms with E-state index in [2.05, 4.69) is 32.4 Å². The Hall–Kier alpha value is 0.400. The molecule has 1 nitrogen and oxygen atoms in total. The van der Waals surface area contributed by atoms with Crippen LogP contribution in [0.5, 0.6) is 0 Å². The third-order valence-electron chi connectivity index (χ3n) is 10.2. The summed E-state index contributed by atoms with van der Waals surface area (Å²) in [4.78, 5) is 0. The lowest BCUT2D eigenvalue weighted by Crippen LogP contribution is -3.00. The van der Waals surface area contributed by atoms with E-state index >= 15 is 0 Å². The van der Waals surface area contributed by atoms with E-state index < -0.39 is 0 Å². The van der Waals surface area contributed by atoms with Crippen molar-refractivity contribution in [3.05, 3.63) is 0 Å². The van der Waals surface area contributed by atoms with Crippen LogP contribution in [0.2, 0.25) is 0 Å². The van der Waals surface area contributed by atoms with Crippen LogP contribution in [0.15, 0.2) is 0 Å². The Labute approximate surface area is 192 Å². The Morgan fingerprint density at radius 1 is 0.893 bits per heavy atom. The topological polar surface area (TPSA) is 3.01 Å². The summed E-state index contributed by atoms with van der Waals surface area (Å²) in [5.74, 6) is 4.13. The minimum Gasteiger partial charge on any atom is -1.00 e. The van der Waals surface area contributed by atoms with Gasteiger partial charge in [0.2, 0.25) is 0 Å². The summed E-state index contributed by atoms with van der Waals surface area (Å²) in [6.07, 6.45) is 20.8. The van der Waals surface area contributed by atoms with Crippen LogP contribution in [0.1, 0.15) is 111 Å². The lowest BCUT2D eigenvalue weighted by atomic mass is 9.48.